The Balaban J connectivity index is 2.17. The highest BCUT2D eigenvalue weighted by molar-refractivity contribution is 5.94. The van der Waals surface area contributed by atoms with E-state index in [9.17, 15) is 4.79 Å². The topological polar surface area (TPSA) is 51.7 Å². The van der Waals surface area contributed by atoms with Crippen LogP contribution in [0.25, 0.3) is 0 Å². The Morgan fingerprint density at radius 1 is 1.08 bits per heavy atom. The molecule has 1 heterocycles. The first-order chi connectivity index (χ1) is 12.2. The van der Waals surface area contributed by atoms with Crippen LogP contribution in [-0.4, -0.2) is 36.1 Å². The zero-order valence-electron chi connectivity index (χ0n) is 15.2. The van der Waals surface area contributed by atoms with Gasteiger partial charge in [-0.05, 0) is 42.7 Å². The van der Waals surface area contributed by atoms with Crippen molar-refractivity contribution < 1.29 is 14.3 Å². The van der Waals surface area contributed by atoms with Crippen molar-refractivity contribution in [3.05, 3.63) is 53.9 Å². The largest absolute Gasteiger partial charge is 0.493 e. The van der Waals surface area contributed by atoms with E-state index in [1.165, 1.54) is 0 Å². The van der Waals surface area contributed by atoms with Crippen LogP contribution in [0.15, 0.2) is 42.7 Å². The molecule has 2 aromatic rings. The molecule has 0 saturated carbocycles. The minimum atomic E-state index is 0.00882. The summed E-state index contributed by atoms with van der Waals surface area (Å²) in [5.74, 6) is 1.43. The van der Waals surface area contributed by atoms with Gasteiger partial charge in [-0.2, -0.15) is 0 Å². The number of carbonyl (C=O) groups is 1. The number of amides is 1. The molecule has 0 aliphatic heterocycles. The van der Waals surface area contributed by atoms with Crippen LogP contribution in [0.4, 0.5) is 0 Å². The van der Waals surface area contributed by atoms with E-state index in [1.54, 1.807) is 31.6 Å². The van der Waals surface area contributed by atoms with E-state index in [2.05, 4.69) is 18.8 Å². The maximum atomic E-state index is 12.7. The number of hydrogen-bond acceptors (Lipinski definition) is 4. The van der Waals surface area contributed by atoms with Gasteiger partial charge in [0.2, 0.25) is 0 Å². The molecule has 25 heavy (non-hydrogen) atoms. The van der Waals surface area contributed by atoms with E-state index >= 15 is 0 Å². The van der Waals surface area contributed by atoms with Crippen molar-refractivity contribution >= 4 is 5.91 Å². The van der Waals surface area contributed by atoms with Gasteiger partial charge in [-0.25, -0.2) is 0 Å². The fourth-order valence-electron chi connectivity index (χ4n) is 2.56. The normalized spacial score (nSPS) is 10.4. The van der Waals surface area contributed by atoms with Crippen molar-refractivity contribution in [2.75, 3.05) is 20.3 Å². The molecular weight excluding hydrogens is 316 g/mol. The van der Waals surface area contributed by atoms with Crippen molar-refractivity contribution in [3.8, 4) is 11.5 Å². The molecule has 0 aliphatic carbocycles. The predicted octanol–water partition coefficient (Wildman–Crippen LogP) is 3.93. The van der Waals surface area contributed by atoms with Crippen molar-refractivity contribution in [2.24, 2.45) is 0 Å². The molecule has 0 saturated heterocycles. The van der Waals surface area contributed by atoms with Crippen LogP contribution < -0.4 is 9.47 Å². The summed E-state index contributed by atoms with van der Waals surface area (Å²) in [6.45, 7) is 6.00. The average Bonchev–Trinajstić information content (AvgIpc) is 2.66. The van der Waals surface area contributed by atoms with Crippen molar-refractivity contribution in [1.29, 1.82) is 0 Å². The van der Waals surface area contributed by atoms with E-state index in [0.29, 0.717) is 31.0 Å². The lowest BCUT2D eigenvalue weighted by Crippen LogP contribution is -2.31. The first-order valence-corrected chi connectivity index (χ1v) is 8.68. The Morgan fingerprint density at radius 3 is 2.48 bits per heavy atom. The molecular formula is C20H26N2O3. The van der Waals surface area contributed by atoms with E-state index in [-0.39, 0.29) is 5.91 Å². The van der Waals surface area contributed by atoms with Crippen molar-refractivity contribution in [1.82, 2.24) is 9.88 Å². The molecule has 0 aliphatic rings. The molecule has 134 valence electrons. The Morgan fingerprint density at radius 2 is 1.84 bits per heavy atom. The number of hydrogen-bond donors (Lipinski definition) is 0. The van der Waals surface area contributed by atoms with Crippen LogP contribution in [0, 0.1) is 0 Å². The molecule has 0 spiro atoms. The number of pyridine rings is 1. The van der Waals surface area contributed by atoms with E-state index in [0.717, 1.165) is 24.2 Å². The molecule has 1 aromatic carbocycles. The summed E-state index contributed by atoms with van der Waals surface area (Å²) in [6, 6.07) is 9.31. The Kier molecular flexibility index (Phi) is 7.26. The second-order valence-corrected chi connectivity index (χ2v) is 5.80. The molecule has 0 radical (unpaired) electrons. The third kappa shape index (κ3) is 5.21. The molecule has 2 rings (SSSR count). The summed E-state index contributed by atoms with van der Waals surface area (Å²) < 4.78 is 11.1. The van der Waals surface area contributed by atoms with Gasteiger partial charge in [-0.15, -0.1) is 0 Å². The lowest BCUT2D eigenvalue weighted by molar-refractivity contribution is 0.0743. The fourth-order valence-corrected chi connectivity index (χ4v) is 2.56. The molecule has 1 amide bonds. The lowest BCUT2D eigenvalue weighted by Gasteiger charge is -2.23. The molecule has 0 N–H and O–H groups in total. The van der Waals surface area contributed by atoms with Gasteiger partial charge in [0.25, 0.3) is 5.91 Å². The van der Waals surface area contributed by atoms with Gasteiger partial charge in [0.1, 0.15) is 0 Å². The number of aromatic nitrogens is 1. The maximum absolute atomic E-state index is 12.7. The molecule has 5 nitrogen and oxygen atoms in total. The van der Waals surface area contributed by atoms with E-state index < -0.39 is 0 Å². The Labute approximate surface area is 149 Å². The Bertz CT molecular complexity index is 674. The maximum Gasteiger partial charge on any atom is 0.254 e. The highest BCUT2D eigenvalue weighted by Crippen LogP contribution is 2.29. The molecule has 1 aromatic heterocycles. The van der Waals surface area contributed by atoms with Crippen LogP contribution in [0.3, 0.4) is 0 Å². The average molecular weight is 342 g/mol. The number of nitrogens with zero attached hydrogens (tertiary/aromatic N) is 2. The molecule has 0 bridgehead atoms. The highest BCUT2D eigenvalue weighted by atomic mass is 16.5. The third-order valence-corrected chi connectivity index (χ3v) is 3.77. The lowest BCUT2D eigenvalue weighted by atomic mass is 10.1. The third-order valence-electron chi connectivity index (χ3n) is 3.77. The van der Waals surface area contributed by atoms with E-state index in [1.807, 2.05) is 23.1 Å². The van der Waals surface area contributed by atoms with Crippen LogP contribution in [0.2, 0.25) is 0 Å². The molecule has 0 fully saturated rings. The van der Waals surface area contributed by atoms with Crippen molar-refractivity contribution in [2.45, 2.75) is 33.2 Å². The van der Waals surface area contributed by atoms with Gasteiger partial charge < -0.3 is 14.4 Å². The predicted molar refractivity (Wildman–Crippen MR) is 98.0 cm³/mol. The quantitative estimate of drug-likeness (QED) is 0.693. The van der Waals surface area contributed by atoms with Gasteiger partial charge in [0.05, 0.1) is 13.7 Å². The molecule has 5 heteroatoms. The summed E-state index contributed by atoms with van der Waals surface area (Å²) >= 11 is 0. The van der Waals surface area contributed by atoms with Gasteiger partial charge in [-0.1, -0.05) is 19.9 Å². The number of ether oxygens (including phenoxy) is 2. The number of methoxy groups -OCH3 is 1. The summed E-state index contributed by atoms with van der Waals surface area (Å²) in [4.78, 5) is 18.6. The smallest absolute Gasteiger partial charge is 0.254 e. The monoisotopic (exact) mass is 342 g/mol. The zero-order chi connectivity index (χ0) is 18.1. The first-order valence-electron chi connectivity index (χ1n) is 8.68. The summed E-state index contributed by atoms with van der Waals surface area (Å²) in [6.07, 6.45) is 5.11. The highest BCUT2D eigenvalue weighted by Gasteiger charge is 2.16. The van der Waals surface area contributed by atoms with Gasteiger partial charge >= 0.3 is 0 Å². The minimum Gasteiger partial charge on any atom is -0.493 e. The SMILES string of the molecule is CCCOc1ccc(CN(CCC)C(=O)c2ccncc2)cc1OC. The minimum absolute atomic E-state index is 0.00882. The fraction of sp³-hybridized carbons (Fsp3) is 0.400. The summed E-state index contributed by atoms with van der Waals surface area (Å²) in [7, 11) is 1.63. The van der Waals surface area contributed by atoms with Crippen LogP contribution in [-0.2, 0) is 6.54 Å². The molecule has 0 unspecified atom stereocenters. The second kappa shape index (κ2) is 9.67. The number of rotatable bonds is 9. The van der Waals surface area contributed by atoms with Crippen LogP contribution in [0.5, 0.6) is 11.5 Å². The number of benzene rings is 1. The second-order valence-electron chi connectivity index (χ2n) is 5.80. The van der Waals surface area contributed by atoms with Crippen molar-refractivity contribution in [3.63, 3.8) is 0 Å². The molecule has 0 atom stereocenters. The zero-order valence-corrected chi connectivity index (χ0v) is 15.2. The van der Waals surface area contributed by atoms with Gasteiger partial charge in [-0.3, -0.25) is 9.78 Å². The standard InChI is InChI=1S/C20H26N2O3/c1-4-12-22(20(23)17-8-10-21-11-9-17)15-16-6-7-18(25-13-5-2)19(14-16)24-3/h6-11,14H,4-5,12-13,15H2,1-3H3. The first kappa shape index (κ1) is 18.8. The van der Waals surface area contributed by atoms with E-state index in [4.69, 9.17) is 9.47 Å². The van der Waals surface area contributed by atoms with Gasteiger partial charge in [0.15, 0.2) is 11.5 Å². The van der Waals surface area contributed by atoms with Gasteiger partial charge in [0, 0.05) is 31.0 Å². The van der Waals surface area contributed by atoms with Crippen LogP contribution in [0.1, 0.15) is 42.6 Å². The summed E-state index contributed by atoms with van der Waals surface area (Å²) in [5, 5.41) is 0. The number of carbonyl (C=O) groups excluding carboxylic acids is 1. The summed E-state index contributed by atoms with van der Waals surface area (Å²) in [5.41, 5.74) is 1.66. The Hall–Kier alpha value is -2.56. The van der Waals surface area contributed by atoms with Crippen LogP contribution >= 0.6 is 0 Å².